The summed E-state index contributed by atoms with van der Waals surface area (Å²) in [5.41, 5.74) is 0. The number of ketones is 1. The summed E-state index contributed by atoms with van der Waals surface area (Å²) in [6.45, 7) is 8.03. The maximum absolute atomic E-state index is 12.9. The third kappa shape index (κ3) is 10.4. The highest BCUT2D eigenvalue weighted by Crippen LogP contribution is 2.23. The van der Waals surface area contributed by atoms with E-state index < -0.39 is 107 Å². The fourth-order valence-electron chi connectivity index (χ4n) is 3.66. The molecular formula is C20H32Al4O12. The van der Waals surface area contributed by atoms with Crippen molar-refractivity contribution >= 4 is 89.6 Å². The Morgan fingerprint density at radius 3 is 2.08 bits per heavy atom. The van der Waals surface area contributed by atoms with Crippen LogP contribution in [-0.2, 0) is 47.6 Å². The van der Waals surface area contributed by atoms with E-state index in [0.29, 0.717) is 19.3 Å². The van der Waals surface area contributed by atoms with Gasteiger partial charge in [-0.25, -0.2) is 0 Å². The lowest BCUT2D eigenvalue weighted by Gasteiger charge is -2.27. The monoisotopic (exact) mass is 572 g/mol. The standard InChI is InChI=1S/C9H15O3.C8H14O4.C2H4O2.CH3.4Al.3O/c1-6(8(3)10)4-5-7(2)9(11)12;1-3-6(8(11)12)4-5(2)7(9)10;1-2(3)4;;;;;;;;/h6-7H,3-5H2,1-2H3,(H,11,12);5-6H,3-4H2,1-2H3,(H,9,10)(H,11,12);1H3,(H,3,4);1H3;;;;;;;/q;;;;4*+1;;;/p-4/t6-,7-;5-,6?;;;;;;;;;/m10........./s1. The molecule has 16 heteroatoms. The van der Waals surface area contributed by atoms with Gasteiger partial charge in [-0.1, -0.05) is 27.7 Å². The quantitative estimate of drug-likeness (QED) is 0.442. The zero-order valence-electron chi connectivity index (χ0n) is 21.6. The van der Waals surface area contributed by atoms with Gasteiger partial charge < -0.3 is 28.5 Å². The van der Waals surface area contributed by atoms with Crippen LogP contribution in [0.5, 0.6) is 0 Å². The number of fused-ring (bicyclic) bond motifs is 2. The van der Waals surface area contributed by atoms with Crippen molar-refractivity contribution in [1.29, 1.82) is 0 Å². The average Bonchev–Trinajstić information content (AvgIpc) is 2.78. The van der Waals surface area contributed by atoms with Gasteiger partial charge in [-0.2, -0.15) is 0 Å². The molecule has 2 heterocycles. The minimum atomic E-state index is -3.45. The van der Waals surface area contributed by atoms with Crippen LogP contribution in [0.1, 0.15) is 60.3 Å². The molecule has 0 aromatic heterocycles. The molecule has 2 bridgehead atoms. The summed E-state index contributed by atoms with van der Waals surface area (Å²) >= 11 is -12.5. The van der Waals surface area contributed by atoms with Crippen LogP contribution in [0, 0.1) is 23.7 Å². The topological polar surface area (TPSA) is 150 Å². The molecule has 0 spiro atoms. The van der Waals surface area contributed by atoms with Gasteiger partial charge >= 0.3 is 59.9 Å². The first kappa shape index (κ1) is 31.8. The molecule has 0 aromatic carbocycles. The Morgan fingerprint density at radius 2 is 1.44 bits per heavy atom. The number of carbonyl (C=O) groups is 5. The van der Waals surface area contributed by atoms with E-state index in [4.69, 9.17) is 23.7 Å². The van der Waals surface area contributed by atoms with Gasteiger partial charge in [-0.3, -0.25) is 19.2 Å². The number of hydrogen-bond acceptors (Lipinski definition) is 12. The van der Waals surface area contributed by atoms with Crippen molar-refractivity contribution in [3.63, 3.8) is 0 Å². The third-order valence-electron chi connectivity index (χ3n) is 6.01. The summed E-state index contributed by atoms with van der Waals surface area (Å²) in [6, 6.07) is 0. The molecule has 0 aromatic rings. The van der Waals surface area contributed by atoms with Crippen molar-refractivity contribution in [2.24, 2.45) is 23.7 Å². The first-order valence-electron chi connectivity index (χ1n) is 12.2. The molecule has 2 rings (SSSR count). The molecule has 0 N–H and O–H groups in total. The molecule has 4 atom stereocenters. The predicted molar refractivity (Wildman–Crippen MR) is 127 cm³/mol. The van der Waals surface area contributed by atoms with Crippen LogP contribution in [0.25, 0.3) is 0 Å². The summed E-state index contributed by atoms with van der Waals surface area (Å²) in [6.07, 6.45) is 1.43. The van der Waals surface area contributed by atoms with Crippen LogP contribution in [0.3, 0.4) is 0 Å². The highest BCUT2D eigenvalue weighted by Gasteiger charge is 2.55. The summed E-state index contributed by atoms with van der Waals surface area (Å²) < 4.78 is 39.4. The molecule has 2 saturated heterocycles. The maximum Gasteiger partial charge on any atom is 0.947 e. The molecule has 2 aliphatic heterocycles. The van der Waals surface area contributed by atoms with Gasteiger partial charge in [0.05, 0.1) is 17.8 Å². The van der Waals surface area contributed by atoms with Gasteiger partial charge in [0.2, 0.25) is 0 Å². The second-order valence-corrected chi connectivity index (χ2v) is 17.0. The average molecular weight is 572 g/mol. The van der Waals surface area contributed by atoms with Crippen molar-refractivity contribution < 1.29 is 47.6 Å². The first-order valence-corrected chi connectivity index (χ1v) is 18.9. The van der Waals surface area contributed by atoms with E-state index in [2.05, 4.69) is 0 Å². The van der Waals surface area contributed by atoms with Crippen molar-refractivity contribution in [3.8, 4) is 0 Å². The molecule has 0 radical (unpaired) electrons. The molecular weight excluding hydrogens is 540 g/mol. The summed E-state index contributed by atoms with van der Waals surface area (Å²) in [5, 5.41) is -0.170. The smallest absolute Gasteiger partial charge is 0.596 e. The van der Waals surface area contributed by atoms with E-state index in [1.54, 1.807) is 33.5 Å². The summed E-state index contributed by atoms with van der Waals surface area (Å²) in [5.74, 6) is -3.09. The zero-order valence-corrected chi connectivity index (χ0v) is 26.2. The van der Waals surface area contributed by atoms with Crippen LogP contribution in [0.4, 0.5) is 0 Å². The lowest BCUT2D eigenvalue weighted by Crippen LogP contribution is -2.49. The van der Waals surface area contributed by atoms with E-state index in [0.717, 1.165) is 0 Å². The number of rotatable bonds is 2. The Hall–Kier alpha value is -0.440. The summed E-state index contributed by atoms with van der Waals surface area (Å²) in [4.78, 5) is 62.7. The second-order valence-electron chi connectivity index (χ2n) is 9.19. The van der Waals surface area contributed by atoms with Gasteiger partial charge in [-0.15, -0.1) is 0 Å². The van der Waals surface area contributed by atoms with Crippen LogP contribution < -0.4 is 0 Å². The normalized spacial score (nSPS) is 27.8. The van der Waals surface area contributed by atoms with Gasteiger partial charge in [-0.05, 0) is 31.5 Å². The largest absolute Gasteiger partial charge is 0.947 e. The second kappa shape index (κ2) is 15.2. The number of hydrogen-bond donors (Lipinski definition) is 0. The molecule has 1 unspecified atom stereocenters. The minimum absolute atomic E-state index is 0.170. The van der Waals surface area contributed by atoms with E-state index in [1.807, 2.05) is 0 Å². The van der Waals surface area contributed by atoms with Crippen LogP contribution in [0.2, 0.25) is 11.1 Å². The summed E-state index contributed by atoms with van der Waals surface area (Å²) in [7, 11) is 0. The van der Waals surface area contributed by atoms with Gasteiger partial charge in [0, 0.05) is 18.1 Å². The maximum atomic E-state index is 12.9. The molecule has 196 valence electrons. The SMILES string of the molecule is CCC1C[C@H](C)C(=O)[O][Al]2[O][Al]([CH3])[O]C(=O)[C@H](C)CC[C@@H](C)C(=O)[CH2][Al]([O]C(C)=O)[O][Al]([O]C1=O)[O]2. The third-order valence-corrected chi connectivity index (χ3v) is 15.1. The fourth-order valence-corrected chi connectivity index (χ4v) is 12.6. The van der Waals surface area contributed by atoms with E-state index in [9.17, 15) is 24.0 Å². The lowest BCUT2D eigenvalue weighted by molar-refractivity contribution is -0.146. The molecule has 0 saturated carbocycles. The Morgan fingerprint density at radius 1 is 0.861 bits per heavy atom. The first-order chi connectivity index (χ1) is 16.9. The van der Waals surface area contributed by atoms with Crippen LogP contribution >= 0.6 is 0 Å². The highest BCUT2D eigenvalue weighted by molar-refractivity contribution is 6.66. The molecule has 2 fully saturated rings. The Bertz CT molecular complexity index is 827. The number of Topliss-reactive ketones (excluding diaryl/α,β-unsaturated/α-hetero) is 1. The van der Waals surface area contributed by atoms with Crippen LogP contribution in [0.15, 0.2) is 0 Å². The van der Waals surface area contributed by atoms with Crippen molar-refractivity contribution in [2.75, 3.05) is 0 Å². The molecule has 12 nitrogen and oxygen atoms in total. The fraction of sp³-hybridized carbons (Fsp3) is 0.750. The zero-order chi connectivity index (χ0) is 27.0. The van der Waals surface area contributed by atoms with Gasteiger partial charge in [0.25, 0.3) is 23.9 Å². The predicted octanol–water partition coefficient (Wildman–Crippen LogP) is 1.51. The van der Waals surface area contributed by atoms with Gasteiger partial charge in [0.1, 0.15) is 5.78 Å². The molecule has 36 heavy (non-hydrogen) atoms. The Kier molecular flexibility index (Phi) is 13.4. The van der Waals surface area contributed by atoms with Gasteiger partial charge in [0.15, 0.2) is 0 Å². The molecule has 0 amide bonds. The Balaban J connectivity index is 2.41. The Labute approximate surface area is 231 Å². The van der Waals surface area contributed by atoms with E-state index >= 15 is 0 Å². The number of carbonyl (C=O) groups excluding carboxylic acids is 5. The van der Waals surface area contributed by atoms with E-state index in [1.165, 1.54) is 6.92 Å². The van der Waals surface area contributed by atoms with Crippen molar-refractivity contribution in [2.45, 2.75) is 71.4 Å². The highest BCUT2D eigenvalue weighted by atomic mass is 27.4. The lowest BCUT2D eigenvalue weighted by atomic mass is 9.94. The van der Waals surface area contributed by atoms with Crippen molar-refractivity contribution in [3.05, 3.63) is 0 Å². The van der Waals surface area contributed by atoms with Crippen molar-refractivity contribution in [1.82, 2.24) is 0 Å². The minimum Gasteiger partial charge on any atom is -0.596 e. The van der Waals surface area contributed by atoms with Crippen LogP contribution in [-0.4, -0.2) is 89.6 Å². The molecule has 2 aliphatic rings. The molecule has 0 aliphatic carbocycles. The van der Waals surface area contributed by atoms with E-state index in [-0.39, 0.29) is 17.5 Å².